The first-order chi connectivity index (χ1) is 13.0. The van der Waals surface area contributed by atoms with Gasteiger partial charge in [-0.3, -0.25) is 35.5 Å². The van der Waals surface area contributed by atoms with Gasteiger partial charge in [0.05, 0.1) is 11.2 Å². The molecule has 136 valence electrons. The highest BCUT2D eigenvalue weighted by molar-refractivity contribution is 6.01. The monoisotopic (exact) mass is 368 g/mol. The number of phenolic OH excluding ortho intramolecular Hbond substituents is 1. The molecular formula is C17H12N4O6. The number of rotatable bonds is 4. The van der Waals surface area contributed by atoms with E-state index in [1.807, 2.05) is 0 Å². The third kappa shape index (κ3) is 3.74. The molecule has 3 aromatic rings. The summed E-state index contributed by atoms with van der Waals surface area (Å²) in [6.45, 7) is 0. The van der Waals surface area contributed by atoms with E-state index in [9.17, 15) is 24.8 Å². The molecule has 1 aromatic carbocycles. The number of nitro benzene ring substituents is 1. The van der Waals surface area contributed by atoms with Gasteiger partial charge >= 0.3 is 11.6 Å². The lowest BCUT2D eigenvalue weighted by molar-refractivity contribution is -0.385. The second-order valence-electron chi connectivity index (χ2n) is 5.27. The van der Waals surface area contributed by atoms with Crippen LogP contribution in [-0.2, 0) is 0 Å². The van der Waals surface area contributed by atoms with Crippen LogP contribution < -0.4 is 10.9 Å². The minimum Gasteiger partial charge on any atom is -0.502 e. The maximum Gasteiger partial charge on any atom is 0.311 e. The predicted octanol–water partition coefficient (Wildman–Crippen LogP) is 2.03. The van der Waals surface area contributed by atoms with Crippen molar-refractivity contribution in [2.45, 2.75) is 0 Å². The molecule has 10 heteroatoms. The van der Waals surface area contributed by atoms with Crippen LogP contribution in [0.1, 0.15) is 20.9 Å². The van der Waals surface area contributed by atoms with Crippen LogP contribution in [0.2, 0.25) is 0 Å². The van der Waals surface area contributed by atoms with Crippen molar-refractivity contribution in [3.05, 3.63) is 76.5 Å². The third-order valence-electron chi connectivity index (χ3n) is 3.57. The zero-order valence-electron chi connectivity index (χ0n) is 13.6. The second kappa shape index (κ2) is 7.35. The first kappa shape index (κ1) is 17.6. The number of furan rings is 1. The normalized spacial score (nSPS) is 10.2. The molecule has 3 rings (SSSR count). The Morgan fingerprint density at radius 1 is 1.15 bits per heavy atom. The van der Waals surface area contributed by atoms with Crippen LogP contribution in [0.5, 0.6) is 5.75 Å². The summed E-state index contributed by atoms with van der Waals surface area (Å²) in [5.41, 5.74) is 4.69. The molecule has 0 unspecified atom stereocenters. The molecule has 0 aliphatic heterocycles. The van der Waals surface area contributed by atoms with Crippen molar-refractivity contribution in [2.24, 2.45) is 0 Å². The van der Waals surface area contributed by atoms with Gasteiger partial charge in [0.15, 0.2) is 5.75 Å². The molecule has 2 heterocycles. The first-order valence-electron chi connectivity index (χ1n) is 7.53. The first-order valence-corrected chi connectivity index (χ1v) is 7.53. The Morgan fingerprint density at radius 2 is 1.93 bits per heavy atom. The molecule has 0 aliphatic carbocycles. The van der Waals surface area contributed by atoms with Gasteiger partial charge in [0.25, 0.3) is 5.91 Å². The summed E-state index contributed by atoms with van der Waals surface area (Å²) in [5, 5.41) is 20.2. The number of nitrogens with zero attached hydrogens (tertiary/aromatic N) is 2. The molecule has 0 radical (unpaired) electrons. The minimum atomic E-state index is -0.826. The van der Waals surface area contributed by atoms with E-state index < -0.39 is 28.2 Å². The molecular weight excluding hydrogens is 356 g/mol. The van der Waals surface area contributed by atoms with Crippen LogP contribution in [-0.4, -0.2) is 26.8 Å². The van der Waals surface area contributed by atoms with E-state index in [1.54, 1.807) is 30.6 Å². The molecule has 0 saturated carbocycles. The van der Waals surface area contributed by atoms with Crippen molar-refractivity contribution >= 4 is 17.5 Å². The summed E-state index contributed by atoms with van der Waals surface area (Å²) < 4.78 is 5.17. The Labute approximate surface area is 151 Å². The van der Waals surface area contributed by atoms with Gasteiger partial charge in [-0.2, -0.15) is 0 Å². The summed E-state index contributed by atoms with van der Waals surface area (Å²) in [6.07, 6.45) is 4.46. The molecule has 0 saturated heterocycles. The SMILES string of the molecule is O=C(NNC(=O)c1occc1-c1cccnc1)c1ccc(O)c([N+](=O)[O-])c1. The number of amides is 2. The molecule has 0 aliphatic rings. The molecule has 27 heavy (non-hydrogen) atoms. The quantitative estimate of drug-likeness (QED) is 0.471. The van der Waals surface area contributed by atoms with E-state index in [-0.39, 0.29) is 11.3 Å². The Bertz CT molecular complexity index is 1020. The number of carbonyl (C=O) groups is 2. The largest absolute Gasteiger partial charge is 0.502 e. The Balaban J connectivity index is 1.72. The van der Waals surface area contributed by atoms with Crippen molar-refractivity contribution in [3.63, 3.8) is 0 Å². The average molecular weight is 368 g/mol. The molecule has 10 nitrogen and oxygen atoms in total. The number of hydrazine groups is 1. The maximum absolute atomic E-state index is 12.3. The van der Waals surface area contributed by atoms with E-state index in [2.05, 4.69) is 15.8 Å². The van der Waals surface area contributed by atoms with E-state index >= 15 is 0 Å². The molecule has 2 amide bonds. The molecule has 0 bridgehead atoms. The number of phenols is 1. The molecule has 0 spiro atoms. The zero-order valence-corrected chi connectivity index (χ0v) is 13.6. The van der Waals surface area contributed by atoms with E-state index in [0.29, 0.717) is 11.1 Å². The third-order valence-corrected chi connectivity index (χ3v) is 3.57. The molecule has 0 atom stereocenters. The van der Waals surface area contributed by atoms with E-state index in [1.165, 1.54) is 12.3 Å². The topological polar surface area (TPSA) is 148 Å². The van der Waals surface area contributed by atoms with Gasteiger partial charge in [-0.15, -0.1) is 0 Å². The molecule has 0 fully saturated rings. The number of benzene rings is 1. The van der Waals surface area contributed by atoms with Gasteiger partial charge in [-0.25, -0.2) is 0 Å². The lowest BCUT2D eigenvalue weighted by atomic mass is 10.1. The Kier molecular flexibility index (Phi) is 4.79. The number of aromatic nitrogens is 1. The summed E-state index contributed by atoms with van der Waals surface area (Å²) in [6, 6.07) is 8.11. The highest BCUT2D eigenvalue weighted by Gasteiger charge is 2.20. The maximum atomic E-state index is 12.3. The number of carbonyl (C=O) groups excluding carboxylic acids is 2. The standard InChI is InChI=1S/C17H12N4O6/c22-14-4-3-10(8-13(14)21(25)26)16(23)19-20-17(24)15-12(5-7-27-15)11-2-1-6-18-9-11/h1-9,22H,(H,19,23)(H,20,24). The van der Waals surface area contributed by atoms with Gasteiger partial charge in [-0.05, 0) is 24.3 Å². The zero-order chi connectivity index (χ0) is 19.4. The lowest BCUT2D eigenvalue weighted by Gasteiger charge is -2.07. The number of pyridine rings is 1. The van der Waals surface area contributed by atoms with Crippen LogP contribution >= 0.6 is 0 Å². The minimum absolute atomic E-state index is 0.0417. The fraction of sp³-hybridized carbons (Fsp3) is 0. The van der Waals surface area contributed by atoms with Gasteiger partial charge in [0.1, 0.15) is 0 Å². The van der Waals surface area contributed by atoms with Gasteiger partial charge in [-0.1, -0.05) is 6.07 Å². The van der Waals surface area contributed by atoms with Crippen LogP contribution in [0.3, 0.4) is 0 Å². The summed E-state index contributed by atoms with van der Waals surface area (Å²) >= 11 is 0. The summed E-state index contributed by atoms with van der Waals surface area (Å²) in [5.74, 6) is -2.14. The van der Waals surface area contributed by atoms with Crippen molar-refractivity contribution < 1.29 is 24.0 Å². The van der Waals surface area contributed by atoms with Crippen molar-refractivity contribution in [1.82, 2.24) is 15.8 Å². The molecule has 3 N–H and O–H groups in total. The van der Waals surface area contributed by atoms with Crippen molar-refractivity contribution in [2.75, 3.05) is 0 Å². The fourth-order valence-corrected chi connectivity index (χ4v) is 2.29. The van der Waals surface area contributed by atoms with Crippen molar-refractivity contribution in [1.29, 1.82) is 0 Å². The Morgan fingerprint density at radius 3 is 2.63 bits per heavy atom. The van der Waals surface area contributed by atoms with Gasteiger partial charge in [0.2, 0.25) is 5.76 Å². The van der Waals surface area contributed by atoms with Gasteiger partial charge < -0.3 is 9.52 Å². The van der Waals surface area contributed by atoms with Crippen LogP contribution in [0.25, 0.3) is 11.1 Å². The molecule has 2 aromatic heterocycles. The van der Waals surface area contributed by atoms with Crippen molar-refractivity contribution in [3.8, 4) is 16.9 Å². The number of nitrogens with one attached hydrogen (secondary N) is 2. The van der Waals surface area contributed by atoms with Crippen LogP contribution in [0.15, 0.2) is 59.5 Å². The smallest absolute Gasteiger partial charge is 0.311 e. The van der Waals surface area contributed by atoms with Crippen LogP contribution in [0.4, 0.5) is 5.69 Å². The average Bonchev–Trinajstić information content (AvgIpc) is 3.16. The fourth-order valence-electron chi connectivity index (χ4n) is 2.29. The highest BCUT2D eigenvalue weighted by Crippen LogP contribution is 2.26. The Hall–Kier alpha value is -4.21. The summed E-state index contributed by atoms with van der Waals surface area (Å²) in [4.78, 5) is 38.3. The van der Waals surface area contributed by atoms with E-state index in [0.717, 1.165) is 12.1 Å². The number of nitro groups is 1. The van der Waals surface area contributed by atoms with Gasteiger partial charge in [0, 0.05) is 35.2 Å². The number of hydrogen-bond donors (Lipinski definition) is 3. The number of hydrogen-bond acceptors (Lipinski definition) is 7. The predicted molar refractivity (Wildman–Crippen MR) is 91.6 cm³/mol. The highest BCUT2D eigenvalue weighted by atomic mass is 16.6. The lowest BCUT2D eigenvalue weighted by Crippen LogP contribution is -2.41. The van der Waals surface area contributed by atoms with E-state index in [4.69, 9.17) is 4.42 Å². The van der Waals surface area contributed by atoms with Crippen LogP contribution in [0, 0.1) is 10.1 Å². The second-order valence-corrected chi connectivity index (χ2v) is 5.27. The number of aromatic hydroxyl groups is 1. The summed E-state index contributed by atoms with van der Waals surface area (Å²) in [7, 11) is 0.